The molecule has 0 aliphatic rings. The average Bonchev–Trinajstić information content (AvgIpc) is 2.35. The third kappa shape index (κ3) is 5.53. The first-order chi connectivity index (χ1) is 8.27. The van der Waals surface area contributed by atoms with Gasteiger partial charge in [0.1, 0.15) is 0 Å². The van der Waals surface area contributed by atoms with Crippen LogP contribution in [-0.2, 0) is 11.2 Å². The second kappa shape index (κ2) is 8.51. The maximum absolute atomic E-state index is 6.16. The Kier molecular flexibility index (Phi) is 7.25. The fourth-order valence-corrected chi connectivity index (χ4v) is 2.07. The van der Waals surface area contributed by atoms with Crippen LogP contribution in [0.1, 0.15) is 25.3 Å². The second-order valence-corrected chi connectivity index (χ2v) is 4.53. The van der Waals surface area contributed by atoms with Crippen LogP contribution in [0.3, 0.4) is 0 Å². The van der Waals surface area contributed by atoms with E-state index in [0.717, 1.165) is 37.5 Å². The molecule has 0 bridgehead atoms. The van der Waals surface area contributed by atoms with Crippen LogP contribution >= 0.6 is 11.6 Å². The maximum atomic E-state index is 6.16. The van der Waals surface area contributed by atoms with Crippen LogP contribution in [0.25, 0.3) is 0 Å². The van der Waals surface area contributed by atoms with Gasteiger partial charge in [0.25, 0.3) is 0 Å². The van der Waals surface area contributed by atoms with E-state index in [9.17, 15) is 0 Å². The Morgan fingerprint density at radius 2 is 2.12 bits per heavy atom. The Balaban J connectivity index is 2.38. The van der Waals surface area contributed by atoms with Crippen LogP contribution < -0.4 is 5.32 Å². The summed E-state index contributed by atoms with van der Waals surface area (Å²) < 4.78 is 5.35. The van der Waals surface area contributed by atoms with Crippen molar-refractivity contribution in [3.63, 3.8) is 0 Å². The lowest BCUT2D eigenvalue weighted by Crippen LogP contribution is -2.28. The number of rotatable bonds is 8. The lowest BCUT2D eigenvalue weighted by Gasteiger charge is -2.16. The van der Waals surface area contributed by atoms with Crippen molar-refractivity contribution >= 4 is 11.6 Å². The summed E-state index contributed by atoms with van der Waals surface area (Å²) in [5, 5.41) is 4.20. The molecule has 0 radical (unpaired) electrons. The highest BCUT2D eigenvalue weighted by Crippen LogP contribution is 2.17. The van der Waals surface area contributed by atoms with Gasteiger partial charge in [0.15, 0.2) is 0 Å². The average molecular weight is 256 g/mol. The summed E-state index contributed by atoms with van der Waals surface area (Å²) >= 11 is 6.16. The van der Waals surface area contributed by atoms with Crippen molar-refractivity contribution in [1.82, 2.24) is 5.32 Å². The van der Waals surface area contributed by atoms with E-state index in [0.29, 0.717) is 6.04 Å². The molecular formula is C14H22ClNO. The summed E-state index contributed by atoms with van der Waals surface area (Å²) in [5.74, 6) is 0. The molecule has 96 valence electrons. The van der Waals surface area contributed by atoms with E-state index in [-0.39, 0.29) is 0 Å². The zero-order chi connectivity index (χ0) is 12.5. The molecular weight excluding hydrogens is 234 g/mol. The van der Waals surface area contributed by atoms with Gasteiger partial charge in [-0.1, -0.05) is 29.8 Å². The van der Waals surface area contributed by atoms with Crippen molar-refractivity contribution in [2.45, 2.75) is 32.2 Å². The second-order valence-electron chi connectivity index (χ2n) is 4.12. The number of hydrogen-bond acceptors (Lipinski definition) is 2. The number of hydrogen-bond donors (Lipinski definition) is 1. The van der Waals surface area contributed by atoms with Crippen molar-refractivity contribution < 1.29 is 4.74 Å². The van der Waals surface area contributed by atoms with Gasteiger partial charge in [0.2, 0.25) is 0 Å². The largest absolute Gasteiger partial charge is 0.382 e. The molecule has 2 nitrogen and oxygen atoms in total. The number of halogens is 1. The van der Waals surface area contributed by atoms with Crippen molar-refractivity contribution in [1.29, 1.82) is 0 Å². The predicted molar refractivity (Wildman–Crippen MR) is 73.7 cm³/mol. The molecule has 0 aliphatic carbocycles. The van der Waals surface area contributed by atoms with Crippen LogP contribution in [0.5, 0.6) is 0 Å². The number of ether oxygens (including phenoxy) is 1. The van der Waals surface area contributed by atoms with Crippen LogP contribution in [-0.4, -0.2) is 26.3 Å². The fourth-order valence-electron chi connectivity index (χ4n) is 1.85. The normalized spacial score (nSPS) is 12.6. The molecule has 1 atom stereocenters. The number of likely N-dealkylation sites (N-methyl/N-ethyl adjacent to an activating group) is 1. The third-order valence-electron chi connectivity index (χ3n) is 2.88. The summed E-state index contributed by atoms with van der Waals surface area (Å²) in [6.45, 7) is 3.67. The summed E-state index contributed by atoms with van der Waals surface area (Å²) in [6, 6.07) is 8.51. The van der Waals surface area contributed by atoms with E-state index in [1.54, 1.807) is 0 Å². The third-order valence-corrected chi connectivity index (χ3v) is 3.25. The Bertz CT molecular complexity index is 317. The summed E-state index contributed by atoms with van der Waals surface area (Å²) in [5.41, 5.74) is 1.21. The molecule has 1 unspecified atom stereocenters. The van der Waals surface area contributed by atoms with Crippen LogP contribution in [0, 0.1) is 0 Å². The quantitative estimate of drug-likeness (QED) is 0.720. The van der Waals surface area contributed by atoms with Gasteiger partial charge in [-0.25, -0.2) is 0 Å². The van der Waals surface area contributed by atoms with Gasteiger partial charge in [-0.2, -0.15) is 0 Å². The van der Waals surface area contributed by atoms with Crippen LogP contribution in [0.15, 0.2) is 24.3 Å². The minimum absolute atomic E-state index is 0.468. The van der Waals surface area contributed by atoms with Gasteiger partial charge in [-0.3, -0.25) is 0 Å². The first-order valence-corrected chi connectivity index (χ1v) is 6.64. The Morgan fingerprint density at radius 1 is 1.35 bits per heavy atom. The van der Waals surface area contributed by atoms with Gasteiger partial charge in [-0.05, 0) is 44.9 Å². The van der Waals surface area contributed by atoms with Gasteiger partial charge in [-0.15, -0.1) is 0 Å². The summed E-state index contributed by atoms with van der Waals surface area (Å²) in [6.07, 6.45) is 3.17. The standard InChI is InChI=1S/C14H22ClNO/c1-3-17-10-6-8-13(16-2)11-12-7-4-5-9-14(12)15/h4-5,7,9,13,16H,3,6,8,10-11H2,1-2H3. The van der Waals surface area contributed by atoms with Crippen molar-refractivity contribution in [3.05, 3.63) is 34.9 Å². The lowest BCUT2D eigenvalue weighted by molar-refractivity contribution is 0.141. The van der Waals surface area contributed by atoms with Gasteiger partial charge in [0.05, 0.1) is 0 Å². The Hall–Kier alpha value is -0.570. The lowest BCUT2D eigenvalue weighted by atomic mass is 10.0. The van der Waals surface area contributed by atoms with E-state index >= 15 is 0 Å². The molecule has 1 rings (SSSR count). The fraction of sp³-hybridized carbons (Fsp3) is 0.571. The highest BCUT2D eigenvalue weighted by molar-refractivity contribution is 6.31. The molecule has 1 N–H and O–H groups in total. The monoisotopic (exact) mass is 255 g/mol. The molecule has 0 saturated heterocycles. The zero-order valence-electron chi connectivity index (χ0n) is 10.7. The smallest absolute Gasteiger partial charge is 0.0466 e. The predicted octanol–water partition coefficient (Wildman–Crippen LogP) is 3.29. The molecule has 0 fully saturated rings. The Labute approximate surface area is 109 Å². The van der Waals surface area contributed by atoms with Crippen LogP contribution in [0.2, 0.25) is 5.02 Å². The molecule has 17 heavy (non-hydrogen) atoms. The van der Waals surface area contributed by atoms with Gasteiger partial charge in [0, 0.05) is 24.3 Å². The number of benzene rings is 1. The van der Waals surface area contributed by atoms with E-state index < -0.39 is 0 Å². The minimum Gasteiger partial charge on any atom is -0.382 e. The summed E-state index contributed by atoms with van der Waals surface area (Å²) in [4.78, 5) is 0. The molecule has 0 heterocycles. The van der Waals surface area contributed by atoms with Gasteiger partial charge >= 0.3 is 0 Å². The molecule has 0 aliphatic heterocycles. The van der Waals surface area contributed by atoms with Gasteiger partial charge < -0.3 is 10.1 Å². The summed E-state index contributed by atoms with van der Waals surface area (Å²) in [7, 11) is 2.00. The van der Waals surface area contributed by atoms with Crippen LogP contribution in [0.4, 0.5) is 0 Å². The van der Waals surface area contributed by atoms with Crippen molar-refractivity contribution in [3.8, 4) is 0 Å². The highest BCUT2D eigenvalue weighted by Gasteiger charge is 2.09. The minimum atomic E-state index is 0.468. The first kappa shape index (κ1) is 14.5. The topological polar surface area (TPSA) is 21.3 Å². The Morgan fingerprint density at radius 3 is 2.76 bits per heavy atom. The van der Waals surface area contributed by atoms with E-state index in [1.165, 1.54) is 5.56 Å². The highest BCUT2D eigenvalue weighted by atomic mass is 35.5. The zero-order valence-corrected chi connectivity index (χ0v) is 11.5. The van der Waals surface area contributed by atoms with E-state index in [2.05, 4.69) is 11.4 Å². The van der Waals surface area contributed by atoms with E-state index in [1.807, 2.05) is 32.2 Å². The molecule has 1 aromatic carbocycles. The van der Waals surface area contributed by atoms with E-state index in [4.69, 9.17) is 16.3 Å². The van der Waals surface area contributed by atoms with Crippen molar-refractivity contribution in [2.75, 3.05) is 20.3 Å². The number of nitrogens with one attached hydrogen (secondary N) is 1. The molecule has 0 spiro atoms. The SMILES string of the molecule is CCOCCCC(Cc1ccccc1Cl)NC. The molecule has 0 saturated carbocycles. The molecule has 0 aromatic heterocycles. The first-order valence-electron chi connectivity index (χ1n) is 6.26. The molecule has 1 aromatic rings. The molecule has 0 amide bonds. The molecule has 3 heteroatoms. The van der Waals surface area contributed by atoms with Crippen molar-refractivity contribution in [2.24, 2.45) is 0 Å². The maximum Gasteiger partial charge on any atom is 0.0466 e.